The number of nitrogen functional groups attached to an aromatic ring is 1. The molecule has 3 heterocycles. The smallest absolute Gasteiger partial charge is 0.217 e. The predicted octanol–water partition coefficient (Wildman–Crippen LogP) is 3.20. The van der Waals surface area contributed by atoms with Crippen molar-refractivity contribution in [1.29, 1.82) is 0 Å². The molecule has 0 aliphatic heterocycles. The molecule has 1 aromatic carbocycles. The van der Waals surface area contributed by atoms with Crippen LogP contribution in [0.2, 0.25) is 0 Å². The maximum Gasteiger partial charge on any atom is 0.217 e. The minimum absolute atomic E-state index is 0.479. The minimum atomic E-state index is 0.479. The molecule has 0 aliphatic rings. The number of benzene rings is 1. The summed E-state index contributed by atoms with van der Waals surface area (Å²) in [5, 5.41) is 7.73. The van der Waals surface area contributed by atoms with E-state index in [0.717, 1.165) is 11.3 Å². The number of nitrogens with two attached hydrogens (primary N) is 1. The first-order chi connectivity index (χ1) is 13.2. The summed E-state index contributed by atoms with van der Waals surface area (Å²) in [4.78, 5) is 4.48. The number of rotatable bonds is 6. The summed E-state index contributed by atoms with van der Waals surface area (Å²) in [6, 6.07) is 13.1. The molecule has 3 N–H and O–H groups in total. The lowest BCUT2D eigenvalue weighted by Crippen LogP contribution is -2.04. The molecule has 4 aromatic rings. The Morgan fingerprint density at radius 2 is 1.96 bits per heavy atom. The number of furan rings is 1. The fraction of sp³-hybridized carbons (Fsp3) is 0.158. The van der Waals surface area contributed by atoms with E-state index in [-0.39, 0.29) is 0 Å². The molecule has 138 valence electrons. The van der Waals surface area contributed by atoms with Crippen LogP contribution in [-0.4, -0.2) is 28.8 Å². The van der Waals surface area contributed by atoms with E-state index in [4.69, 9.17) is 19.6 Å². The van der Waals surface area contributed by atoms with Gasteiger partial charge in [-0.3, -0.25) is 0 Å². The Hall–Kier alpha value is -3.68. The summed E-state index contributed by atoms with van der Waals surface area (Å²) in [5.74, 6) is 2.95. The van der Waals surface area contributed by atoms with Gasteiger partial charge in [0.25, 0.3) is 0 Å². The van der Waals surface area contributed by atoms with Crippen LogP contribution in [0.15, 0.2) is 53.1 Å². The maximum atomic E-state index is 6.13. The monoisotopic (exact) mass is 365 g/mol. The lowest BCUT2D eigenvalue weighted by molar-refractivity contribution is 0.354. The van der Waals surface area contributed by atoms with Crippen LogP contribution in [0.1, 0.15) is 5.56 Å². The molecule has 0 spiro atoms. The van der Waals surface area contributed by atoms with Crippen LogP contribution in [0.5, 0.6) is 11.5 Å². The van der Waals surface area contributed by atoms with Gasteiger partial charge in [0.2, 0.25) is 5.82 Å². The average molecular weight is 365 g/mol. The third-order valence-electron chi connectivity index (χ3n) is 4.15. The Morgan fingerprint density at radius 1 is 1.11 bits per heavy atom. The van der Waals surface area contributed by atoms with E-state index in [9.17, 15) is 0 Å². The molecule has 27 heavy (non-hydrogen) atoms. The first kappa shape index (κ1) is 16.8. The highest BCUT2D eigenvalue weighted by atomic mass is 16.5. The lowest BCUT2D eigenvalue weighted by Gasteiger charge is -2.11. The third kappa shape index (κ3) is 3.24. The molecule has 8 heteroatoms. The molecular weight excluding hydrogens is 346 g/mol. The molecule has 0 radical (unpaired) electrons. The van der Waals surface area contributed by atoms with Crippen LogP contribution in [0.25, 0.3) is 17.2 Å². The highest BCUT2D eigenvalue weighted by Gasteiger charge is 2.12. The van der Waals surface area contributed by atoms with Gasteiger partial charge in [-0.25, -0.2) is 4.98 Å². The Morgan fingerprint density at radius 3 is 2.70 bits per heavy atom. The number of nitrogens with one attached hydrogen (secondary N) is 1. The van der Waals surface area contributed by atoms with Gasteiger partial charge in [-0.2, -0.15) is 4.52 Å². The van der Waals surface area contributed by atoms with Gasteiger partial charge in [0, 0.05) is 24.4 Å². The second-order valence-electron chi connectivity index (χ2n) is 5.89. The van der Waals surface area contributed by atoms with E-state index in [1.165, 1.54) is 0 Å². The van der Waals surface area contributed by atoms with Gasteiger partial charge in [-0.1, -0.05) is 6.07 Å². The van der Waals surface area contributed by atoms with Crippen molar-refractivity contribution in [3.8, 4) is 23.1 Å². The fourth-order valence-corrected chi connectivity index (χ4v) is 2.82. The summed E-state index contributed by atoms with van der Waals surface area (Å²) < 4.78 is 17.5. The van der Waals surface area contributed by atoms with E-state index in [1.54, 1.807) is 37.1 Å². The number of nitrogens with zero attached hydrogens (tertiary/aromatic N) is 3. The normalized spacial score (nSPS) is 10.9. The molecular formula is C19H19N5O3. The average Bonchev–Trinajstić information content (AvgIpc) is 3.35. The Labute approximate surface area is 155 Å². The summed E-state index contributed by atoms with van der Waals surface area (Å²) in [6.45, 7) is 0.592. The van der Waals surface area contributed by atoms with Gasteiger partial charge in [-0.05, 0) is 29.8 Å². The molecule has 3 aromatic heterocycles. The minimum Gasteiger partial charge on any atom is -0.493 e. The number of pyridine rings is 1. The molecule has 0 saturated heterocycles. The number of aromatic nitrogens is 3. The van der Waals surface area contributed by atoms with Crippen molar-refractivity contribution >= 4 is 17.2 Å². The summed E-state index contributed by atoms with van der Waals surface area (Å²) in [6.07, 6.45) is 1.58. The Kier molecular flexibility index (Phi) is 4.29. The largest absolute Gasteiger partial charge is 0.493 e. The van der Waals surface area contributed by atoms with Crippen molar-refractivity contribution in [2.75, 3.05) is 25.3 Å². The standard InChI is InChI=1S/C19H19N5O3/c1-25-14-6-5-12(8-16(14)26-2)11-21-13-9-17(20)24-18(10-13)22-19(23-24)15-4-3-7-27-15/h3-10,21H,11,20H2,1-2H3. The number of fused-ring (bicyclic) bond motifs is 1. The zero-order valence-corrected chi connectivity index (χ0v) is 15.0. The molecule has 0 fully saturated rings. The molecule has 0 bridgehead atoms. The topological polar surface area (TPSA) is 99.8 Å². The number of hydrogen-bond donors (Lipinski definition) is 2. The SMILES string of the molecule is COc1ccc(CNc2cc(N)n3nc(-c4ccco4)nc3c2)cc1OC. The van der Waals surface area contributed by atoms with Gasteiger partial charge in [0.1, 0.15) is 5.82 Å². The van der Waals surface area contributed by atoms with Crippen LogP contribution >= 0.6 is 0 Å². The zero-order chi connectivity index (χ0) is 18.8. The second-order valence-corrected chi connectivity index (χ2v) is 5.89. The lowest BCUT2D eigenvalue weighted by atomic mass is 10.2. The van der Waals surface area contributed by atoms with Crippen molar-refractivity contribution < 1.29 is 13.9 Å². The van der Waals surface area contributed by atoms with Gasteiger partial charge in [-0.15, -0.1) is 5.10 Å². The van der Waals surface area contributed by atoms with Crippen molar-refractivity contribution in [2.24, 2.45) is 0 Å². The first-order valence-electron chi connectivity index (χ1n) is 8.33. The van der Waals surface area contributed by atoms with Crippen LogP contribution in [-0.2, 0) is 6.54 Å². The van der Waals surface area contributed by atoms with Crippen LogP contribution in [0.3, 0.4) is 0 Å². The number of anilines is 2. The van der Waals surface area contributed by atoms with Gasteiger partial charge >= 0.3 is 0 Å². The molecule has 0 aliphatic carbocycles. The Bertz CT molecular complexity index is 1070. The quantitative estimate of drug-likeness (QED) is 0.541. The number of methoxy groups -OCH3 is 2. The van der Waals surface area contributed by atoms with E-state index >= 15 is 0 Å². The molecule has 8 nitrogen and oxygen atoms in total. The van der Waals surface area contributed by atoms with Crippen molar-refractivity contribution in [3.05, 3.63) is 54.3 Å². The highest BCUT2D eigenvalue weighted by molar-refractivity contribution is 5.64. The van der Waals surface area contributed by atoms with Crippen molar-refractivity contribution in [3.63, 3.8) is 0 Å². The molecule has 0 unspecified atom stereocenters. The maximum absolute atomic E-state index is 6.13. The summed E-state index contributed by atoms with van der Waals surface area (Å²) in [7, 11) is 3.23. The van der Waals surface area contributed by atoms with Crippen LogP contribution in [0.4, 0.5) is 11.5 Å². The van der Waals surface area contributed by atoms with Crippen LogP contribution in [0, 0.1) is 0 Å². The second kappa shape index (κ2) is 6.91. The predicted molar refractivity (Wildman–Crippen MR) is 102 cm³/mol. The van der Waals surface area contributed by atoms with Crippen molar-refractivity contribution in [1.82, 2.24) is 14.6 Å². The van der Waals surface area contributed by atoms with Gasteiger partial charge < -0.3 is 24.9 Å². The van der Waals surface area contributed by atoms with Gasteiger partial charge in [0.15, 0.2) is 22.9 Å². The van der Waals surface area contributed by atoms with E-state index in [2.05, 4.69) is 15.4 Å². The first-order valence-corrected chi connectivity index (χ1v) is 8.33. The molecule has 0 amide bonds. The van der Waals surface area contributed by atoms with Crippen molar-refractivity contribution in [2.45, 2.75) is 6.54 Å². The molecule has 0 saturated carbocycles. The highest BCUT2D eigenvalue weighted by Crippen LogP contribution is 2.28. The third-order valence-corrected chi connectivity index (χ3v) is 4.15. The van der Waals surface area contributed by atoms with E-state index in [1.807, 2.05) is 30.3 Å². The summed E-state index contributed by atoms with van der Waals surface area (Å²) >= 11 is 0. The van der Waals surface area contributed by atoms with E-state index < -0.39 is 0 Å². The number of ether oxygens (including phenoxy) is 2. The number of hydrogen-bond acceptors (Lipinski definition) is 7. The fourth-order valence-electron chi connectivity index (χ4n) is 2.82. The Balaban J connectivity index is 1.57. The van der Waals surface area contributed by atoms with Crippen LogP contribution < -0.4 is 20.5 Å². The van der Waals surface area contributed by atoms with E-state index in [0.29, 0.717) is 41.1 Å². The zero-order valence-electron chi connectivity index (χ0n) is 15.0. The molecule has 0 atom stereocenters. The summed E-state index contributed by atoms with van der Waals surface area (Å²) in [5.41, 5.74) is 8.65. The van der Waals surface area contributed by atoms with Gasteiger partial charge in [0.05, 0.1) is 20.5 Å². The molecule has 4 rings (SSSR count).